The maximum Gasteiger partial charge on any atom is 0.295 e. The summed E-state index contributed by atoms with van der Waals surface area (Å²) in [6.07, 6.45) is 2.19. The molecular weight excluding hydrogens is 248 g/mol. The molecule has 0 bridgehead atoms. The first-order valence-electron chi connectivity index (χ1n) is 6.48. The largest absolute Gasteiger partial charge is 0.424 e. The van der Waals surface area contributed by atoms with Gasteiger partial charge in [0.2, 0.25) is 0 Å². The summed E-state index contributed by atoms with van der Waals surface area (Å²) < 4.78 is 5.58. The van der Waals surface area contributed by atoms with Gasteiger partial charge in [0.15, 0.2) is 5.58 Å². The number of alkyl halides is 1. The molecule has 1 heterocycles. The van der Waals surface area contributed by atoms with Crippen molar-refractivity contribution in [2.75, 3.05) is 11.9 Å². The van der Waals surface area contributed by atoms with Crippen LogP contribution in [0.2, 0.25) is 0 Å². The van der Waals surface area contributed by atoms with E-state index in [0.29, 0.717) is 18.5 Å². The second-order valence-electron chi connectivity index (χ2n) is 4.46. The second kappa shape index (κ2) is 6.10. The Morgan fingerprint density at radius 3 is 2.67 bits per heavy atom. The Bertz CT molecular complexity index is 460. The molecule has 0 aliphatic heterocycles. The van der Waals surface area contributed by atoms with Gasteiger partial charge in [0.25, 0.3) is 6.01 Å². The van der Waals surface area contributed by atoms with Crippen LogP contribution in [-0.2, 0) is 0 Å². The van der Waals surface area contributed by atoms with Crippen molar-refractivity contribution in [3.63, 3.8) is 0 Å². The van der Waals surface area contributed by atoms with Gasteiger partial charge in [0.1, 0.15) is 5.52 Å². The number of fused-ring (bicyclic) bond motifs is 1. The highest BCUT2D eigenvalue weighted by molar-refractivity contribution is 6.21. The molecule has 1 atom stereocenters. The number of benzene rings is 1. The van der Waals surface area contributed by atoms with Gasteiger partial charge in [-0.2, -0.15) is 4.98 Å². The third-order valence-corrected chi connectivity index (χ3v) is 3.81. The van der Waals surface area contributed by atoms with Gasteiger partial charge in [-0.1, -0.05) is 38.8 Å². The van der Waals surface area contributed by atoms with Crippen molar-refractivity contribution in [3.05, 3.63) is 24.3 Å². The third kappa shape index (κ3) is 2.96. The zero-order valence-electron chi connectivity index (χ0n) is 10.8. The lowest BCUT2D eigenvalue weighted by Gasteiger charge is -2.18. The number of nitrogens with zero attached hydrogens (tertiary/aromatic N) is 1. The molecule has 1 aromatic heterocycles. The van der Waals surface area contributed by atoms with Crippen molar-refractivity contribution in [1.82, 2.24) is 4.98 Å². The van der Waals surface area contributed by atoms with Crippen molar-refractivity contribution in [3.8, 4) is 0 Å². The summed E-state index contributed by atoms with van der Waals surface area (Å²) in [5.74, 6) is 0.531. The van der Waals surface area contributed by atoms with E-state index >= 15 is 0 Å². The minimum atomic E-state index is 0.106. The number of aromatic nitrogens is 1. The average Bonchev–Trinajstić information content (AvgIpc) is 2.80. The number of hydrogen-bond acceptors (Lipinski definition) is 3. The summed E-state index contributed by atoms with van der Waals surface area (Å²) in [6, 6.07) is 8.28. The summed E-state index contributed by atoms with van der Waals surface area (Å²) in [4.78, 5) is 4.36. The molecule has 4 heteroatoms. The highest BCUT2D eigenvalue weighted by Crippen LogP contribution is 2.21. The van der Waals surface area contributed by atoms with Crippen LogP contribution in [0.4, 0.5) is 6.01 Å². The Hall–Kier alpha value is -1.22. The van der Waals surface area contributed by atoms with Crippen molar-refractivity contribution >= 4 is 28.7 Å². The van der Waals surface area contributed by atoms with Gasteiger partial charge < -0.3 is 9.73 Å². The van der Waals surface area contributed by atoms with Crippen LogP contribution in [0, 0.1) is 5.92 Å². The monoisotopic (exact) mass is 266 g/mol. The summed E-state index contributed by atoms with van der Waals surface area (Å²) in [7, 11) is 0. The normalized spacial score (nSPS) is 13.1. The molecule has 18 heavy (non-hydrogen) atoms. The molecule has 1 unspecified atom stereocenters. The minimum Gasteiger partial charge on any atom is -0.424 e. The Balaban J connectivity index is 1.97. The number of anilines is 1. The fourth-order valence-corrected chi connectivity index (χ4v) is 2.53. The summed E-state index contributed by atoms with van der Waals surface area (Å²) in [6.45, 7) is 5.02. The standard InChI is InChI=1S/C14H19ClN2O/c1-3-10(4-2)11(15)9-16-14-17-12-7-5-6-8-13(12)18-14/h5-8,10-11H,3-4,9H2,1-2H3,(H,16,17). The van der Waals surface area contributed by atoms with Crippen LogP contribution in [0.15, 0.2) is 28.7 Å². The fourth-order valence-electron chi connectivity index (χ4n) is 2.10. The van der Waals surface area contributed by atoms with E-state index < -0.39 is 0 Å². The highest BCUT2D eigenvalue weighted by Gasteiger charge is 2.16. The molecule has 0 saturated carbocycles. The summed E-state index contributed by atoms with van der Waals surface area (Å²) in [5.41, 5.74) is 1.67. The van der Waals surface area contributed by atoms with E-state index in [4.69, 9.17) is 16.0 Å². The number of nitrogens with one attached hydrogen (secondary N) is 1. The lowest BCUT2D eigenvalue weighted by molar-refractivity contribution is 0.472. The van der Waals surface area contributed by atoms with E-state index in [0.717, 1.165) is 23.9 Å². The van der Waals surface area contributed by atoms with Crippen LogP contribution in [0.5, 0.6) is 0 Å². The molecular formula is C14H19ClN2O. The summed E-state index contributed by atoms with van der Waals surface area (Å²) >= 11 is 6.36. The first-order valence-corrected chi connectivity index (χ1v) is 6.91. The Kier molecular flexibility index (Phi) is 4.48. The van der Waals surface area contributed by atoms with E-state index in [1.165, 1.54) is 0 Å². The van der Waals surface area contributed by atoms with Crippen molar-refractivity contribution in [1.29, 1.82) is 0 Å². The van der Waals surface area contributed by atoms with Crippen molar-refractivity contribution in [2.45, 2.75) is 32.1 Å². The van der Waals surface area contributed by atoms with Gasteiger partial charge in [0, 0.05) is 6.54 Å². The topological polar surface area (TPSA) is 38.1 Å². The van der Waals surface area contributed by atoms with Crippen molar-refractivity contribution in [2.24, 2.45) is 5.92 Å². The van der Waals surface area contributed by atoms with Crippen LogP contribution in [0.1, 0.15) is 26.7 Å². The molecule has 0 fully saturated rings. The van der Waals surface area contributed by atoms with E-state index in [2.05, 4.69) is 24.1 Å². The lowest BCUT2D eigenvalue weighted by atomic mass is 9.99. The molecule has 1 N–H and O–H groups in total. The average molecular weight is 267 g/mol. The van der Waals surface area contributed by atoms with E-state index in [9.17, 15) is 0 Å². The molecule has 3 nitrogen and oxygen atoms in total. The number of halogens is 1. The van der Waals surface area contributed by atoms with Gasteiger partial charge in [-0.3, -0.25) is 0 Å². The second-order valence-corrected chi connectivity index (χ2v) is 5.02. The molecule has 0 radical (unpaired) electrons. The van der Waals surface area contributed by atoms with Crippen LogP contribution in [0.25, 0.3) is 11.1 Å². The molecule has 2 aromatic rings. The van der Waals surface area contributed by atoms with Gasteiger partial charge in [-0.05, 0) is 18.1 Å². The minimum absolute atomic E-state index is 0.106. The number of para-hydroxylation sites is 2. The first-order chi connectivity index (χ1) is 8.74. The third-order valence-electron chi connectivity index (χ3n) is 3.30. The Labute approximate surface area is 113 Å². The first kappa shape index (κ1) is 13.2. The summed E-state index contributed by atoms with van der Waals surface area (Å²) in [5, 5.41) is 3.28. The molecule has 0 amide bonds. The fraction of sp³-hybridized carbons (Fsp3) is 0.500. The predicted octanol–water partition coefficient (Wildman–Crippen LogP) is 4.28. The van der Waals surface area contributed by atoms with Crippen LogP contribution in [-0.4, -0.2) is 16.9 Å². The SMILES string of the molecule is CCC(CC)C(Cl)CNc1nc2ccccc2o1. The predicted molar refractivity (Wildman–Crippen MR) is 76.2 cm³/mol. The van der Waals surface area contributed by atoms with Gasteiger partial charge in [-0.25, -0.2) is 0 Å². The lowest BCUT2D eigenvalue weighted by Crippen LogP contribution is -2.22. The van der Waals surface area contributed by atoms with Crippen molar-refractivity contribution < 1.29 is 4.42 Å². The number of hydrogen-bond donors (Lipinski definition) is 1. The molecule has 0 aliphatic carbocycles. The molecule has 0 aliphatic rings. The number of rotatable bonds is 6. The zero-order valence-corrected chi connectivity index (χ0v) is 11.6. The van der Waals surface area contributed by atoms with Crippen LogP contribution < -0.4 is 5.32 Å². The van der Waals surface area contributed by atoms with Gasteiger partial charge in [0.05, 0.1) is 5.38 Å². The van der Waals surface area contributed by atoms with Crippen LogP contribution in [0.3, 0.4) is 0 Å². The smallest absolute Gasteiger partial charge is 0.295 e. The quantitative estimate of drug-likeness (QED) is 0.793. The van der Waals surface area contributed by atoms with Gasteiger partial charge >= 0.3 is 0 Å². The van der Waals surface area contributed by atoms with Crippen LogP contribution >= 0.6 is 11.6 Å². The van der Waals surface area contributed by atoms with E-state index in [1.54, 1.807) is 0 Å². The highest BCUT2D eigenvalue weighted by atomic mass is 35.5. The van der Waals surface area contributed by atoms with E-state index in [-0.39, 0.29) is 5.38 Å². The maximum absolute atomic E-state index is 6.36. The Morgan fingerprint density at radius 1 is 1.28 bits per heavy atom. The van der Waals surface area contributed by atoms with E-state index in [1.807, 2.05) is 24.3 Å². The molecule has 2 rings (SSSR count). The maximum atomic E-state index is 6.36. The molecule has 1 aromatic carbocycles. The molecule has 0 spiro atoms. The molecule has 0 saturated heterocycles. The molecule has 98 valence electrons. The zero-order chi connectivity index (χ0) is 13.0. The Morgan fingerprint density at radius 2 is 2.00 bits per heavy atom. The van der Waals surface area contributed by atoms with Gasteiger partial charge in [-0.15, -0.1) is 11.6 Å². The number of oxazole rings is 1.